The highest BCUT2D eigenvalue weighted by molar-refractivity contribution is 6.00. The summed E-state index contributed by atoms with van der Waals surface area (Å²) in [6.07, 6.45) is 0.179. The topological polar surface area (TPSA) is 93.5 Å². The zero-order valence-electron chi connectivity index (χ0n) is 11.8. The fraction of sp³-hybridized carbons (Fsp3) is 0.357. The van der Waals surface area contributed by atoms with Crippen LogP contribution < -0.4 is 10.6 Å². The van der Waals surface area contributed by atoms with E-state index in [1.54, 1.807) is 6.07 Å². The molecule has 2 rings (SSSR count). The number of ether oxygens (including phenoxy) is 1. The molecule has 21 heavy (non-hydrogen) atoms. The van der Waals surface area contributed by atoms with Crippen LogP contribution in [0.1, 0.15) is 12.5 Å². The summed E-state index contributed by atoms with van der Waals surface area (Å²) in [6, 6.07) is 3.03. The number of carbonyl (C=O) groups is 1. The molecular weight excluding hydrogens is 274 g/mol. The Balaban J connectivity index is 2.04. The second kappa shape index (κ2) is 6.36. The normalized spacial score (nSPS) is 12.7. The summed E-state index contributed by atoms with van der Waals surface area (Å²) in [5.41, 5.74) is 2.53. The average Bonchev–Trinajstić information content (AvgIpc) is 2.75. The van der Waals surface area contributed by atoms with E-state index in [2.05, 4.69) is 17.2 Å². The third-order valence-corrected chi connectivity index (χ3v) is 2.95. The maximum atomic E-state index is 11.3. The number of nitrogens with zero attached hydrogens (tertiary/aromatic N) is 1. The molecule has 0 aliphatic carbocycles. The molecule has 0 saturated heterocycles. The molecule has 112 valence electrons. The Kier molecular flexibility index (Phi) is 4.54. The summed E-state index contributed by atoms with van der Waals surface area (Å²) >= 11 is 0. The molecule has 0 atom stereocenters. The van der Waals surface area contributed by atoms with Crippen molar-refractivity contribution in [2.45, 2.75) is 13.3 Å². The predicted molar refractivity (Wildman–Crippen MR) is 79.6 cm³/mol. The molecule has 1 aromatic rings. The van der Waals surface area contributed by atoms with Crippen LogP contribution in [-0.4, -0.2) is 30.6 Å². The van der Waals surface area contributed by atoms with Crippen molar-refractivity contribution in [1.29, 1.82) is 0 Å². The maximum absolute atomic E-state index is 11.3. The number of nitro benzene ring substituents is 1. The van der Waals surface area contributed by atoms with E-state index in [9.17, 15) is 14.9 Å². The number of hydrogen-bond donors (Lipinski definition) is 2. The first-order valence-corrected chi connectivity index (χ1v) is 6.54. The van der Waals surface area contributed by atoms with Crippen LogP contribution in [0.3, 0.4) is 0 Å². The van der Waals surface area contributed by atoms with Gasteiger partial charge in [-0.3, -0.25) is 14.9 Å². The molecule has 1 heterocycles. The Bertz CT molecular complexity index is 598. The molecule has 0 unspecified atom stereocenters. The van der Waals surface area contributed by atoms with E-state index in [0.717, 1.165) is 5.57 Å². The van der Waals surface area contributed by atoms with E-state index in [4.69, 9.17) is 4.74 Å². The summed E-state index contributed by atoms with van der Waals surface area (Å²) in [7, 11) is 0. The van der Waals surface area contributed by atoms with Crippen molar-refractivity contribution in [3.63, 3.8) is 0 Å². The van der Waals surface area contributed by atoms with Gasteiger partial charge in [0.2, 0.25) is 5.91 Å². The van der Waals surface area contributed by atoms with Gasteiger partial charge in [-0.15, -0.1) is 0 Å². The molecule has 2 N–H and O–H groups in total. The number of carbonyl (C=O) groups excluding carboxylic acids is 1. The summed E-state index contributed by atoms with van der Waals surface area (Å²) in [6.45, 7) is 6.89. The molecule has 0 saturated carbocycles. The van der Waals surface area contributed by atoms with E-state index in [1.807, 2.05) is 6.92 Å². The van der Waals surface area contributed by atoms with Crippen LogP contribution in [0.2, 0.25) is 0 Å². The van der Waals surface area contributed by atoms with Gasteiger partial charge in [0.15, 0.2) is 0 Å². The molecule has 0 bridgehead atoms. The molecule has 0 spiro atoms. The van der Waals surface area contributed by atoms with Crippen LogP contribution in [0.15, 0.2) is 24.3 Å². The second-order valence-electron chi connectivity index (χ2n) is 4.95. The lowest BCUT2D eigenvalue weighted by molar-refractivity contribution is -0.384. The lowest BCUT2D eigenvalue weighted by atomic mass is 10.1. The number of anilines is 2. The van der Waals surface area contributed by atoms with Crippen LogP contribution in [0.4, 0.5) is 17.1 Å². The van der Waals surface area contributed by atoms with E-state index < -0.39 is 4.92 Å². The van der Waals surface area contributed by atoms with E-state index in [0.29, 0.717) is 36.7 Å². The van der Waals surface area contributed by atoms with Crippen molar-refractivity contribution in [3.05, 3.63) is 40.0 Å². The Hall–Kier alpha value is -2.41. The average molecular weight is 291 g/mol. The van der Waals surface area contributed by atoms with Gasteiger partial charge in [0.05, 0.1) is 24.6 Å². The van der Waals surface area contributed by atoms with Crippen molar-refractivity contribution < 1.29 is 14.5 Å². The first kappa shape index (κ1) is 15.0. The summed E-state index contributed by atoms with van der Waals surface area (Å²) < 4.78 is 5.33. The molecule has 0 fully saturated rings. The Morgan fingerprint density at radius 3 is 3.00 bits per heavy atom. The smallest absolute Gasteiger partial charge is 0.292 e. The first-order valence-electron chi connectivity index (χ1n) is 6.54. The van der Waals surface area contributed by atoms with Gasteiger partial charge in [0.25, 0.3) is 5.69 Å². The predicted octanol–water partition coefficient (Wildman–Crippen LogP) is 2.09. The Morgan fingerprint density at radius 1 is 1.57 bits per heavy atom. The molecular formula is C14H17N3O4. The number of nitrogens with one attached hydrogen (secondary N) is 2. The van der Waals surface area contributed by atoms with Crippen LogP contribution >= 0.6 is 0 Å². The van der Waals surface area contributed by atoms with Gasteiger partial charge in [0, 0.05) is 18.3 Å². The van der Waals surface area contributed by atoms with Gasteiger partial charge in [0.1, 0.15) is 5.69 Å². The Labute approximate surface area is 122 Å². The number of nitro groups is 1. The Morgan fingerprint density at radius 2 is 2.33 bits per heavy atom. The fourth-order valence-electron chi connectivity index (χ4n) is 2.06. The van der Waals surface area contributed by atoms with E-state index in [1.165, 1.54) is 6.07 Å². The molecule has 7 heteroatoms. The molecule has 1 aliphatic heterocycles. The minimum absolute atomic E-state index is 0.0369. The summed E-state index contributed by atoms with van der Waals surface area (Å²) in [5.74, 6) is -0.152. The first-order chi connectivity index (χ1) is 9.97. The zero-order chi connectivity index (χ0) is 15.4. The lowest BCUT2D eigenvalue weighted by Crippen LogP contribution is -2.11. The number of rotatable bonds is 7. The van der Waals surface area contributed by atoms with Crippen molar-refractivity contribution in [1.82, 2.24) is 0 Å². The quantitative estimate of drug-likeness (QED) is 0.347. The summed E-state index contributed by atoms with van der Waals surface area (Å²) in [5, 5.41) is 16.7. The van der Waals surface area contributed by atoms with Gasteiger partial charge < -0.3 is 15.4 Å². The van der Waals surface area contributed by atoms with Gasteiger partial charge in [-0.1, -0.05) is 12.2 Å². The molecule has 7 nitrogen and oxygen atoms in total. The van der Waals surface area contributed by atoms with Crippen LogP contribution in [0.5, 0.6) is 0 Å². The standard InChI is InChI=1S/C14H17N3O4/c1-9(2)8-21-4-3-15-12-7-11-10(6-14(18)16-11)5-13(12)17(19)20/h5,7,15H,1,3-4,6,8H2,2H3,(H,16,18). The highest BCUT2D eigenvalue weighted by atomic mass is 16.6. The molecule has 1 aliphatic rings. The van der Waals surface area contributed by atoms with Gasteiger partial charge in [-0.05, 0) is 18.6 Å². The van der Waals surface area contributed by atoms with Gasteiger partial charge in [-0.2, -0.15) is 0 Å². The number of amides is 1. The number of fused-ring (bicyclic) bond motifs is 1. The number of hydrogen-bond acceptors (Lipinski definition) is 5. The fourth-order valence-corrected chi connectivity index (χ4v) is 2.06. The largest absolute Gasteiger partial charge is 0.377 e. The number of benzene rings is 1. The van der Waals surface area contributed by atoms with Crippen LogP contribution in [0, 0.1) is 10.1 Å². The van der Waals surface area contributed by atoms with Crippen LogP contribution in [0.25, 0.3) is 0 Å². The van der Waals surface area contributed by atoms with E-state index >= 15 is 0 Å². The highest BCUT2D eigenvalue weighted by Crippen LogP contribution is 2.34. The minimum atomic E-state index is -0.458. The second-order valence-corrected chi connectivity index (χ2v) is 4.95. The van der Waals surface area contributed by atoms with Crippen molar-refractivity contribution in [2.75, 3.05) is 30.4 Å². The third kappa shape index (κ3) is 3.79. The molecule has 0 aromatic heterocycles. The lowest BCUT2D eigenvalue weighted by Gasteiger charge is -2.09. The van der Waals surface area contributed by atoms with Crippen LogP contribution in [-0.2, 0) is 16.0 Å². The van der Waals surface area contributed by atoms with Gasteiger partial charge in [-0.25, -0.2) is 0 Å². The monoisotopic (exact) mass is 291 g/mol. The van der Waals surface area contributed by atoms with E-state index in [-0.39, 0.29) is 18.0 Å². The maximum Gasteiger partial charge on any atom is 0.292 e. The molecule has 1 amide bonds. The summed E-state index contributed by atoms with van der Waals surface area (Å²) in [4.78, 5) is 22.0. The highest BCUT2D eigenvalue weighted by Gasteiger charge is 2.24. The van der Waals surface area contributed by atoms with Crippen molar-refractivity contribution in [2.24, 2.45) is 0 Å². The minimum Gasteiger partial charge on any atom is -0.377 e. The third-order valence-electron chi connectivity index (χ3n) is 2.95. The zero-order valence-corrected chi connectivity index (χ0v) is 11.8. The molecule has 1 aromatic carbocycles. The molecule has 0 radical (unpaired) electrons. The van der Waals surface area contributed by atoms with Crippen molar-refractivity contribution in [3.8, 4) is 0 Å². The SMILES string of the molecule is C=C(C)COCCNc1cc2c(cc1[N+](=O)[O-])CC(=O)N2. The van der Waals surface area contributed by atoms with Crippen molar-refractivity contribution >= 4 is 23.0 Å². The van der Waals surface area contributed by atoms with Gasteiger partial charge >= 0.3 is 0 Å².